The lowest BCUT2D eigenvalue weighted by molar-refractivity contribution is -0.116. The molecule has 8 heteroatoms. The first-order valence-corrected chi connectivity index (χ1v) is 8.80. The predicted octanol–water partition coefficient (Wildman–Crippen LogP) is 3.89. The van der Waals surface area contributed by atoms with Crippen molar-refractivity contribution in [1.82, 2.24) is 14.7 Å². The summed E-state index contributed by atoms with van der Waals surface area (Å²) in [6, 6.07) is 13.7. The molecule has 27 heavy (non-hydrogen) atoms. The molecule has 6 nitrogen and oxygen atoms in total. The predicted molar refractivity (Wildman–Crippen MR) is 106 cm³/mol. The molecule has 0 radical (unpaired) electrons. The lowest BCUT2D eigenvalue weighted by atomic mass is 10.2. The van der Waals surface area contributed by atoms with E-state index in [9.17, 15) is 9.59 Å². The largest absolute Gasteiger partial charge is 0.332 e. The Kier molecular flexibility index (Phi) is 5.78. The van der Waals surface area contributed by atoms with E-state index in [1.165, 1.54) is 4.90 Å². The Bertz CT molecular complexity index is 936. The molecule has 0 aliphatic heterocycles. The van der Waals surface area contributed by atoms with E-state index in [1.807, 2.05) is 12.3 Å². The zero-order valence-corrected chi connectivity index (χ0v) is 15.9. The minimum atomic E-state index is -0.394. The van der Waals surface area contributed by atoms with E-state index in [1.54, 1.807) is 60.4 Å². The number of hydrogen-bond acceptors (Lipinski definition) is 3. The molecule has 0 saturated heterocycles. The maximum atomic E-state index is 12.5. The van der Waals surface area contributed by atoms with Gasteiger partial charge in [0.15, 0.2) is 0 Å². The number of nitrogens with one attached hydrogen (secondary N) is 1. The highest BCUT2D eigenvalue weighted by molar-refractivity contribution is 6.39. The van der Waals surface area contributed by atoms with Crippen molar-refractivity contribution in [3.8, 4) is 5.69 Å². The second-order valence-electron chi connectivity index (χ2n) is 5.80. The third-order valence-corrected chi connectivity index (χ3v) is 4.47. The summed E-state index contributed by atoms with van der Waals surface area (Å²) < 4.78 is 1.69. The van der Waals surface area contributed by atoms with Crippen molar-refractivity contribution in [1.29, 1.82) is 0 Å². The highest BCUT2D eigenvalue weighted by atomic mass is 35.5. The van der Waals surface area contributed by atoms with Gasteiger partial charge in [-0.25, -0.2) is 4.68 Å². The molecule has 0 aliphatic rings. The van der Waals surface area contributed by atoms with Crippen LogP contribution in [0.25, 0.3) is 5.69 Å². The minimum Gasteiger partial charge on any atom is -0.332 e. The number of amides is 2. The highest BCUT2D eigenvalue weighted by Crippen LogP contribution is 2.29. The molecular weight excluding hydrogens is 387 g/mol. The van der Waals surface area contributed by atoms with Gasteiger partial charge in [0, 0.05) is 25.0 Å². The molecule has 1 heterocycles. The van der Waals surface area contributed by atoms with E-state index in [2.05, 4.69) is 10.4 Å². The van der Waals surface area contributed by atoms with Gasteiger partial charge in [-0.2, -0.15) is 5.10 Å². The molecule has 0 fully saturated rings. The van der Waals surface area contributed by atoms with Gasteiger partial charge in [0.1, 0.15) is 0 Å². The summed E-state index contributed by atoms with van der Waals surface area (Å²) in [5.74, 6) is -0.670. The average molecular weight is 403 g/mol. The molecule has 0 bridgehead atoms. The molecule has 2 aromatic carbocycles. The van der Waals surface area contributed by atoms with E-state index < -0.39 is 5.91 Å². The number of hydrogen-bond donors (Lipinski definition) is 1. The lowest BCUT2D eigenvalue weighted by Crippen LogP contribution is -2.35. The first kappa shape index (κ1) is 18.9. The minimum absolute atomic E-state index is 0.138. The van der Waals surface area contributed by atoms with Gasteiger partial charge in [-0.1, -0.05) is 29.3 Å². The second kappa shape index (κ2) is 8.24. The molecule has 0 aliphatic carbocycles. The maximum Gasteiger partial charge on any atom is 0.254 e. The molecule has 0 saturated carbocycles. The number of likely N-dealkylation sites (N-methyl/N-ethyl adjacent to an activating group) is 1. The summed E-state index contributed by atoms with van der Waals surface area (Å²) in [4.78, 5) is 26.1. The molecule has 1 aromatic heterocycles. The summed E-state index contributed by atoms with van der Waals surface area (Å²) in [5, 5.41) is 7.44. The quantitative estimate of drug-likeness (QED) is 0.703. The fourth-order valence-corrected chi connectivity index (χ4v) is 2.97. The number of para-hydroxylation sites is 1. The Morgan fingerprint density at radius 2 is 1.74 bits per heavy atom. The first-order valence-electron chi connectivity index (χ1n) is 8.05. The monoisotopic (exact) mass is 402 g/mol. The van der Waals surface area contributed by atoms with Crippen LogP contribution in [-0.4, -0.2) is 40.1 Å². The fraction of sp³-hybridized carbons (Fsp3) is 0.105. The third-order valence-electron chi connectivity index (χ3n) is 3.84. The molecule has 2 amide bonds. The number of carbonyl (C=O) groups excluding carboxylic acids is 2. The molecular formula is C19H16Cl2N4O2. The maximum absolute atomic E-state index is 12.5. The Morgan fingerprint density at radius 3 is 2.33 bits per heavy atom. The number of halogens is 2. The standard InChI is InChI=1S/C19H16Cl2N4O2/c1-24(12-17(26)23-18-15(20)4-2-5-16(18)21)19(27)13-6-8-14(9-7-13)25-11-3-10-22-25/h2-11H,12H2,1H3,(H,23,26). The van der Waals surface area contributed by atoms with Crippen molar-refractivity contribution in [2.75, 3.05) is 18.9 Å². The zero-order valence-electron chi connectivity index (χ0n) is 14.4. The lowest BCUT2D eigenvalue weighted by Gasteiger charge is -2.18. The van der Waals surface area contributed by atoms with Gasteiger partial charge < -0.3 is 10.2 Å². The van der Waals surface area contributed by atoms with Crippen LogP contribution in [-0.2, 0) is 4.79 Å². The van der Waals surface area contributed by atoms with Gasteiger partial charge in [-0.3, -0.25) is 9.59 Å². The Labute approximate surface area is 166 Å². The van der Waals surface area contributed by atoms with Crippen LogP contribution in [0.4, 0.5) is 5.69 Å². The van der Waals surface area contributed by atoms with Crippen LogP contribution in [0.5, 0.6) is 0 Å². The molecule has 0 spiro atoms. The molecule has 0 atom stereocenters. The average Bonchev–Trinajstić information content (AvgIpc) is 3.19. The first-order chi connectivity index (χ1) is 13.0. The molecule has 0 unspecified atom stereocenters. The summed E-state index contributed by atoms with van der Waals surface area (Å²) in [5.41, 5.74) is 1.64. The van der Waals surface area contributed by atoms with E-state index >= 15 is 0 Å². The molecule has 138 valence electrons. The number of aromatic nitrogens is 2. The SMILES string of the molecule is CN(CC(=O)Nc1c(Cl)cccc1Cl)C(=O)c1ccc(-n2cccn2)cc1. The van der Waals surface area contributed by atoms with E-state index in [0.717, 1.165) is 5.69 Å². The van der Waals surface area contributed by atoms with Crippen LogP contribution in [0.3, 0.4) is 0 Å². The molecule has 3 rings (SSSR count). The summed E-state index contributed by atoms with van der Waals surface area (Å²) in [6.07, 6.45) is 3.49. The van der Waals surface area contributed by atoms with Crippen LogP contribution in [0.1, 0.15) is 10.4 Å². The molecule has 1 N–H and O–H groups in total. The van der Waals surface area contributed by atoms with E-state index in [-0.39, 0.29) is 12.5 Å². The van der Waals surface area contributed by atoms with E-state index in [0.29, 0.717) is 21.3 Å². The number of nitrogens with zero attached hydrogens (tertiary/aromatic N) is 3. The van der Waals surface area contributed by atoms with Crippen molar-refractivity contribution in [2.24, 2.45) is 0 Å². The number of benzene rings is 2. The van der Waals surface area contributed by atoms with Gasteiger partial charge in [-0.05, 0) is 42.5 Å². The fourth-order valence-electron chi connectivity index (χ4n) is 2.48. The Balaban J connectivity index is 1.64. The summed E-state index contributed by atoms with van der Waals surface area (Å²) >= 11 is 12.1. The molecule has 3 aromatic rings. The van der Waals surface area contributed by atoms with Gasteiger partial charge in [0.25, 0.3) is 5.91 Å². The van der Waals surface area contributed by atoms with E-state index in [4.69, 9.17) is 23.2 Å². The third kappa shape index (κ3) is 4.48. The van der Waals surface area contributed by atoms with Crippen molar-refractivity contribution in [2.45, 2.75) is 0 Å². The Morgan fingerprint density at radius 1 is 1.07 bits per heavy atom. The number of anilines is 1. The van der Waals surface area contributed by atoms with Crippen molar-refractivity contribution >= 4 is 40.7 Å². The van der Waals surface area contributed by atoms with Crippen molar-refractivity contribution < 1.29 is 9.59 Å². The van der Waals surface area contributed by atoms with Crippen LogP contribution in [0.2, 0.25) is 10.0 Å². The zero-order chi connectivity index (χ0) is 19.4. The summed E-state index contributed by atoms with van der Waals surface area (Å²) in [6.45, 7) is -0.138. The van der Waals surface area contributed by atoms with Gasteiger partial charge in [0.2, 0.25) is 5.91 Å². The second-order valence-corrected chi connectivity index (χ2v) is 6.62. The van der Waals surface area contributed by atoms with Gasteiger partial charge >= 0.3 is 0 Å². The number of carbonyl (C=O) groups is 2. The normalized spacial score (nSPS) is 10.5. The smallest absolute Gasteiger partial charge is 0.254 e. The topological polar surface area (TPSA) is 67.2 Å². The Hall–Kier alpha value is -2.83. The van der Waals surface area contributed by atoms with Crippen LogP contribution in [0.15, 0.2) is 60.9 Å². The van der Waals surface area contributed by atoms with Gasteiger partial charge in [-0.15, -0.1) is 0 Å². The van der Waals surface area contributed by atoms with Crippen LogP contribution < -0.4 is 5.32 Å². The van der Waals surface area contributed by atoms with Crippen LogP contribution >= 0.6 is 23.2 Å². The number of rotatable bonds is 5. The summed E-state index contributed by atoms with van der Waals surface area (Å²) in [7, 11) is 1.55. The van der Waals surface area contributed by atoms with Gasteiger partial charge in [0.05, 0.1) is 28.0 Å². The van der Waals surface area contributed by atoms with Crippen molar-refractivity contribution in [3.63, 3.8) is 0 Å². The van der Waals surface area contributed by atoms with Crippen LogP contribution in [0, 0.1) is 0 Å². The van der Waals surface area contributed by atoms with Crippen molar-refractivity contribution in [3.05, 3.63) is 76.5 Å². The highest BCUT2D eigenvalue weighted by Gasteiger charge is 2.17.